The molecule has 0 spiro atoms. The van der Waals surface area contributed by atoms with Crippen LogP contribution in [0.3, 0.4) is 0 Å². The van der Waals surface area contributed by atoms with Crippen LogP contribution in [0.25, 0.3) is 0 Å². The molecule has 0 radical (unpaired) electrons. The van der Waals surface area contributed by atoms with E-state index in [0.29, 0.717) is 37.7 Å². The third-order valence-electron chi connectivity index (χ3n) is 5.08. The lowest BCUT2D eigenvalue weighted by Gasteiger charge is -2.36. The molecule has 2 heterocycles. The molecule has 0 aliphatic carbocycles. The van der Waals surface area contributed by atoms with Crippen LogP contribution in [0.15, 0.2) is 24.3 Å². The topological polar surface area (TPSA) is 100 Å². The smallest absolute Gasteiger partial charge is 0.321 e. The fourth-order valence-electron chi connectivity index (χ4n) is 3.20. The second-order valence-electron chi connectivity index (χ2n) is 7.30. The third-order valence-corrected chi connectivity index (χ3v) is 5.08. The Morgan fingerprint density at radius 3 is 2.52 bits per heavy atom. The van der Waals surface area contributed by atoms with E-state index in [1.807, 2.05) is 36.9 Å². The Hall–Kier alpha value is -2.81. The molecule has 9 heteroatoms. The zero-order valence-corrected chi connectivity index (χ0v) is 16.8. The second-order valence-corrected chi connectivity index (χ2v) is 7.30. The van der Waals surface area contributed by atoms with Crippen LogP contribution in [0.5, 0.6) is 11.5 Å². The second kappa shape index (κ2) is 9.60. The van der Waals surface area contributed by atoms with Gasteiger partial charge in [0.15, 0.2) is 11.5 Å². The van der Waals surface area contributed by atoms with Crippen LogP contribution in [-0.4, -0.2) is 79.1 Å². The molecular weight excluding hydrogens is 376 g/mol. The third kappa shape index (κ3) is 5.60. The van der Waals surface area contributed by atoms with Crippen molar-refractivity contribution in [3.05, 3.63) is 24.3 Å². The van der Waals surface area contributed by atoms with E-state index >= 15 is 0 Å². The van der Waals surface area contributed by atoms with E-state index in [2.05, 4.69) is 10.6 Å². The summed E-state index contributed by atoms with van der Waals surface area (Å²) < 4.78 is 11.4. The molecule has 29 heavy (non-hydrogen) atoms. The van der Waals surface area contributed by atoms with Crippen molar-refractivity contribution in [2.24, 2.45) is 0 Å². The molecule has 9 nitrogen and oxygen atoms in total. The minimum atomic E-state index is -0.663. The maximum atomic E-state index is 12.7. The first kappa shape index (κ1) is 20.9. The van der Waals surface area contributed by atoms with Crippen LogP contribution < -0.4 is 20.1 Å². The maximum Gasteiger partial charge on any atom is 0.321 e. The van der Waals surface area contributed by atoms with Crippen LogP contribution in [0.2, 0.25) is 0 Å². The van der Waals surface area contributed by atoms with Crippen LogP contribution in [-0.2, 0) is 9.59 Å². The zero-order valence-electron chi connectivity index (χ0n) is 16.8. The van der Waals surface area contributed by atoms with Gasteiger partial charge >= 0.3 is 6.03 Å². The molecule has 3 rings (SSSR count). The molecule has 1 fully saturated rings. The van der Waals surface area contributed by atoms with Gasteiger partial charge in [0, 0.05) is 32.2 Å². The quantitative estimate of drug-likeness (QED) is 0.745. The Morgan fingerprint density at radius 1 is 1.14 bits per heavy atom. The average molecular weight is 404 g/mol. The molecule has 0 bridgehead atoms. The SMILES string of the molecule is CC[C@H](C)NC(=O)NC(=O)CN1CCN(C(=O)[C@@H]2COc3ccccc3O2)CC1. The molecule has 2 N–H and O–H groups in total. The number of piperazine rings is 1. The van der Waals surface area contributed by atoms with Gasteiger partial charge in [0.1, 0.15) is 6.61 Å². The summed E-state index contributed by atoms with van der Waals surface area (Å²) in [4.78, 5) is 40.2. The van der Waals surface area contributed by atoms with Gasteiger partial charge in [-0.25, -0.2) is 4.79 Å². The highest BCUT2D eigenvalue weighted by atomic mass is 16.6. The largest absolute Gasteiger partial charge is 0.485 e. The minimum absolute atomic E-state index is 0.00954. The van der Waals surface area contributed by atoms with Gasteiger partial charge in [-0.05, 0) is 25.5 Å². The molecule has 1 saturated heterocycles. The first-order valence-corrected chi connectivity index (χ1v) is 9.96. The summed E-state index contributed by atoms with van der Waals surface area (Å²) in [5.41, 5.74) is 0. The number of benzene rings is 1. The van der Waals surface area contributed by atoms with Gasteiger partial charge in [-0.3, -0.25) is 19.8 Å². The number of carbonyl (C=O) groups is 3. The molecule has 0 unspecified atom stereocenters. The van der Waals surface area contributed by atoms with E-state index in [0.717, 1.165) is 6.42 Å². The molecule has 158 valence electrons. The highest BCUT2D eigenvalue weighted by Crippen LogP contribution is 2.31. The summed E-state index contributed by atoms with van der Waals surface area (Å²) in [6.45, 7) is 6.22. The summed E-state index contributed by atoms with van der Waals surface area (Å²) in [6, 6.07) is 6.81. The monoisotopic (exact) mass is 404 g/mol. The van der Waals surface area contributed by atoms with Gasteiger partial charge < -0.3 is 19.7 Å². The van der Waals surface area contributed by atoms with Crippen LogP contribution in [0.4, 0.5) is 4.79 Å². The van der Waals surface area contributed by atoms with Gasteiger partial charge in [-0.15, -0.1) is 0 Å². The minimum Gasteiger partial charge on any atom is -0.485 e. The highest BCUT2D eigenvalue weighted by Gasteiger charge is 2.33. The van der Waals surface area contributed by atoms with Crippen molar-refractivity contribution >= 4 is 17.8 Å². The van der Waals surface area contributed by atoms with Crippen molar-refractivity contribution in [2.45, 2.75) is 32.4 Å². The van der Waals surface area contributed by atoms with Gasteiger partial charge in [0.2, 0.25) is 12.0 Å². The predicted molar refractivity (Wildman–Crippen MR) is 106 cm³/mol. The number of hydrogen-bond acceptors (Lipinski definition) is 6. The fourth-order valence-corrected chi connectivity index (χ4v) is 3.20. The van der Waals surface area contributed by atoms with E-state index in [4.69, 9.17) is 9.47 Å². The number of imide groups is 1. The summed E-state index contributed by atoms with van der Waals surface area (Å²) in [7, 11) is 0. The van der Waals surface area contributed by atoms with Crippen molar-refractivity contribution in [2.75, 3.05) is 39.3 Å². The molecule has 0 aromatic heterocycles. The average Bonchev–Trinajstić information content (AvgIpc) is 2.73. The number of rotatable bonds is 5. The number of nitrogens with zero attached hydrogens (tertiary/aromatic N) is 2. The number of urea groups is 1. The van der Waals surface area contributed by atoms with Crippen LogP contribution >= 0.6 is 0 Å². The van der Waals surface area contributed by atoms with Gasteiger partial charge in [-0.1, -0.05) is 19.1 Å². The summed E-state index contributed by atoms with van der Waals surface area (Å²) in [5, 5.41) is 5.03. The van der Waals surface area contributed by atoms with E-state index in [-0.39, 0.29) is 31.0 Å². The lowest BCUT2D eigenvalue weighted by Crippen LogP contribution is -2.55. The number of hydrogen-bond donors (Lipinski definition) is 2. The van der Waals surface area contributed by atoms with Crippen molar-refractivity contribution in [1.29, 1.82) is 0 Å². The molecular formula is C20H28N4O5. The Balaban J connectivity index is 1.42. The number of carbonyl (C=O) groups excluding carboxylic acids is 3. The number of para-hydroxylation sites is 2. The van der Waals surface area contributed by atoms with Crippen molar-refractivity contribution in [3.63, 3.8) is 0 Å². The fraction of sp³-hybridized carbons (Fsp3) is 0.550. The van der Waals surface area contributed by atoms with E-state index in [9.17, 15) is 14.4 Å². The Morgan fingerprint density at radius 2 is 1.83 bits per heavy atom. The number of fused-ring (bicyclic) bond motifs is 1. The first-order valence-electron chi connectivity index (χ1n) is 9.96. The highest BCUT2D eigenvalue weighted by molar-refractivity contribution is 5.95. The Labute approximate surface area is 170 Å². The maximum absolute atomic E-state index is 12.7. The van der Waals surface area contributed by atoms with E-state index in [1.165, 1.54) is 0 Å². The standard InChI is InChI=1S/C20H28N4O5/c1-3-14(2)21-20(27)22-18(25)12-23-8-10-24(11-9-23)19(26)17-13-28-15-6-4-5-7-16(15)29-17/h4-7,14,17H,3,8-13H2,1-2H3,(H2,21,22,25,27)/t14-,17-/m0/s1. The lowest BCUT2D eigenvalue weighted by atomic mass is 10.2. The molecule has 1 aromatic carbocycles. The molecule has 2 atom stereocenters. The van der Waals surface area contributed by atoms with Crippen LogP contribution in [0.1, 0.15) is 20.3 Å². The first-order chi connectivity index (χ1) is 14.0. The van der Waals surface area contributed by atoms with E-state index < -0.39 is 12.1 Å². The molecule has 2 aliphatic rings. The molecule has 1 aromatic rings. The molecule has 2 aliphatic heterocycles. The Kier molecular flexibility index (Phi) is 6.92. The Bertz CT molecular complexity index is 748. The zero-order chi connectivity index (χ0) is 20.8. The summed E-state index contributed by atoms with van der Waals surface area (Å²) in [6.07, 6.45) is 0.128. The summed E-state index contributed by atoms with van der Waals surface area (Å²) >= 11 is 0. The normalized spacial score (nSPS) is 19.9. The van der Waals surface area contributed by atoms with Gasteiger partial charge in [0.05, 0.1) is 6.54 Å². The van der Waals surface area contributed by atoms with E-state index in [1.54, 1.807) is 11.0 Å². The summed E-state index contributed by atoms with van der Waals surface area (Å²) in [5.74, 6) is 0.746. The van der Waals surface area contributed by atoms with Crippen LogP contribution in [0, 0.1) is 0 Å². The lowest BCUT2D eigenvalue weighted by molar-refractivity contribution is -0.143. The van der Waals surface area contributed by atoms with Gasteiger partial charge in [0.25, 0.3) is 5.91 Å². The van der Waals surface area contributed by atoms with Crippen molar-refractivity contribution < 1.29 is 23.9 Å². The number of amides is 4. The predicted octanol–water partition coefficient (Wildman–Crippen LogP) is 0.595. The number of ether oxygens (including phenoxy) is 2. The molecule has 0 saturated carbocycles. The molecule has 4 amide bonds. The van der Waals surface area contributed by atoms with Gasteiger partial charge in [-0.2, -0.15) is 0 Å². The van der Waals surface area contributed by atoms with Crippen molar-refractivity contribution in [1.82, 2.24) is 20.4 Å². The number of nitrogens with one attached hydrogen (secondary N) is 2. The van der Waals surface area contributed by atoms with Crippen molar-refractivity contribution in [3.8, 4) is 11.5 Å².